The van der Waals surface area contributed by atoms with E-state index in [0.717, 1.165) is 25.7 Å². The maximum absolute atomic E-state index is 2.59. The maximum Gasteiger partial charge on any atom is 0.0465 e. The molecule has 0 saturated heterocycles. The van der Waals surface area contributed by atoms with Crippen LogP contribution in [0.4, 0.5) is 11.4 Å². The van der Waals surface area contributed by atoms with Gasteiger partial charge in [0, 0.05) is 22.5 Å². The van der Waals surface area contributed by atoms with Crippen LogP contribution in [0.1, 0.15) is 56.2 Å². The van der Waals surface area contributed by atoms with E-state index >= 15 is 0 Å². The highest BCUT2D eigenvalue weighted by Gasteiger charge is 2.38. The van der Waals surface area contributed by atoms with Crippen LogP contribution >= 0.6 is 0 Å². The number of rotatable bonds is 7. The molecule has 288 valence electrons. The van der Waals surface area contributed by atoms with Crippen molar-refractivity contribution >= 4 is 39.4 Å². The Balaban J connectivity index is 1.18. The van der Waals surface area contributed by atoms with Crippen LogP contribution in [0.5, 0.6) is 0 Å². The number of fused-ring (bicyclic) bond motifs is 4. The molecule has 11 rings (SSSR count). The Kier molecular flexibility index (Phi) is 8.85. The highest BCUT2D eigenvalue weighted by molar-refractivity contribution is 6.01. The van der Waals surface area contributed by atoms with Gasteiger partial charge in [-0.15, -0.1) is 0 Å². The molecule has 3 aliphatic rings. The molecule has 1 heteroatoms. The van der Waals surface area contributed by atoms with E-state index in [2.05, 4.69) is 219 Å². The Morgan fingerprint density at radius 3 is 1.85 bits per heavy atom. The molecule has 0 atom stereocenters. The second-order valence-electron chi connectivity index (χ2n) is 17.1. The summed E-state index contributed by atoms with van der Waals surface area (Å²) in [5, 5.41) is 5.18. The zero-order chi connectivity index (χ0) is 40.2. The molecule has 0 aliphatic heterocycles. The van der Waals surface area contributed by atoms with Crippen molar-refractivity contribution in [3.63, 3.8) is 0 Å². The van der Waals surface area contributed by atoms with Crippen LogP contribution in [0.15, 0.2) is 205 Å². The van der Waals surface area contributed by atoms with E-state index in [9.17, 15) is 0 Å². The molecule has 0 aromatic heterocycles. The minimum atomic E-state index is -0.0883. The predicted molar refractivity (Wildman–Crippen MR) is 254 cm³/mol. The van der Waals surface area contributed by atoms with Gasteiger partial charge in [0.2, 0.25) is 0 Å². The van der Waals surface area contributed by atoms with Gasteiger partial charge in [0.15, 0.2) is 0 Å². The van der Waals surface area contributed by atoms with Crippen molar-refractivity contribution in [1.29, 1.82) is 0 Å². The molecule has 0 fully saturated rings. The lowest BCUT2D eigenvalue weighted by Crippen LogP contribution is -2.29. The van der Waals surface area contributed by atoms with Crippen molar-refractivity contribution < 1.29 is 0 Å². The fourth-order valence-electron chi connectivity index (χ4n) is 10.4. The van der Waals surface area contributed by atoms with Crippen molar-refractivity contribution in [1.82, 2.24) is 0 Å². The minimum Gasteiger partial charge on any atom is -0.314 e. The standard InChI is InChI=1S/C59H47N/c1-59(2)57-30-14-13-27-53(57)54-36-33-46(39-58(54)59)60(44-31-34-49(40-17-5-3-6-18-40)55(37-44)51-28-15-23-42-21-9-11-25-47(42)51)45-32-35-50(41-19-7-4-8-20-41)56(38-45)52-29-16-24-43-22-10-12-26-48(43)52/h3-15,17-28,30-32,34-35,37-39H,16,29,33,36H2,1-2H3. The topological polar surface area (TPSA) is 3.24 Å². The van der Waals surface area contributed by atoms with Gasteiger partial charge in [0.25, 0.3) is 0 Å². The Morgan fingerprint density at radius 1 is 0.450 bits per heavy atom. The Morgan fingerprint density at radius 2 is 1.07 bits per heavy atom. The van der Waals surface area contributed by atoms with E-state index < -0.39 is 0 Å². The lowest BCUT2D eigenvalue weighted by atomic mass is 9.79. The number of hydrogen-bond donors (Lipinski definition) is 0. The van der Waals surface area contributed by atoms with E-state index in [1.807, 2.05) is 0 Å². The smallest absolute Gasteiger partial charge is 0.0465 e. The molecule has 1 nitrogen and oxygen atoms in total. The van der Waals surface area contributed by atoms with E-state index in [4.69, 9.17) is 0 Å². The molecule has 0 unspecified atom stereocenters. The van der Waals surface area contributed by atoms with E-state index in [1.54, 1.807) is 0 Å². The van der Waals surface area contributed by atoms with E-state index in [0.29, 0.717) is 0 Å². The highest BCUT2D eigenvalue weighted by Crippen LogP contribution is 2.52. The third-order valence-corrected chi connectivity index (χ3v) is 13.3. The first-order valence-corrected chi connectivity index (χ1v) is 21.5. The zero-order valence-electron chi connectivity index (χ0n) is 34.3. The van der Waals surface area contributed by atoms with Gasteiger partial charge in [0.05, 0.1) is 0 Å². The molecule has 60 heavy (non-hydrogen) atoms. The van der Waals surface area contributed by atoms with Crippen LogP contribution in [-0.2, 0) is 5.41 Å². The number of nitrogens with zero attached hydrogens (tertiary/aromatic N) is 1. The normalized spacial score (nSPS) is 15.2. The van der Waals surface area contributed by atoms with Crippen LogP contribution in [-0.4, -0.2) is 0 Å². The predicted octanol–water partition coefficient (Wildman–Crippen LogP) is 14.2. The van der Waals surface area contributed by atoms with Gasteiger partial charge < -0.3 is 4.90 Å². The number of anilines is 2. The summed E-state index contributed by atoms with van der Waals surface area (Å²) in [5.74, 6) is 0. The average molecular weight is 770 g/mol. The van der Waals surface area contributed by atoms with Gasteiger partial charge in [-0.3, -0.25) is 0 Å². The van der Waals surface area contributed by atoms with Crippen molar-refractivity contribution in [2.75, 3.05) is 4.90 Å². The first-order chi connectivity index (χ1) is 29.5. The van der Waals surface area contributed by atoms with Crippen LogP contribution in [0.25, 0.3) is 61.4 Å². The summed E-state index contributed by atoms with van der Waals surface area (Å²) in [6.07, 6.45) is 8.93. The summed E-state index contributed by atoms with van der Waals surface area (Å²) in [5.41, 5.74) is 19.6. The van der Waals surface area contributed by atoms with Crippen molar-refractivity contribution in [2.45, 2.75) is 44.9 Å². The summed E-state index contributed by atoms with van der Waals surface area (Å²) in [6, 6.07) is 69.8. The Bertz CT molecular complexity index is 3160. The molecule has 0 saturated carbocycles. The molecule has 0 bridgehead atoms. The molecule has 0 radical (unpaired) electrons. The third-order valence-electron chi connectivity index (χ3n) is 13.3. The van der Waals surface area contributed by atoms with E-state index in [-0.39, 0.29) is 5.41 Å². The fraction of sp³-hybridized carbons (Fsp3) is 0.119. The SMILES string of the molecule is CC1(C)C2=C(CCC(N(c3ccc(-c4ccccc4)c(C4=c5ccccc5=CCC4)c3)c3ccc(-c4ccccc4)c(-c4cccc5ccccc45)c3)=C2)c2ccccc21. The molecule has 8 aromatic carbocycles. The van der Waals surface area contributed by atoms with Gasteiger partial charge in [-0.2, -0.15) is 0 Å². The van der Waals surface area contributed by atoms with Crippen molar-refractivity contribution in [2.24, 2.45) is 0 Å². The Labute approximate surface area is 353 Å². The molecule has 0 N–H and O–H groups in total. The first-order valence-electron chi connectivity index (χ1n) is 21.5. The molecule has 3 aliphatic carbocycles. The van der Waals surface area contributed by atoms with Crippen molar-refractivity contribution in [3.05, 3.63) is 233 Å². The summed E-state index contributed by atoms with van der Waals surface area (Å²) >= 11 is 0. The molecular formula is C59H47N. The number of allylic oxidation sites excluding steroid dienone is 4. The highest BCUT2D eigenvalue weighted by atomic mass is 15.1. The van der Waals surface area contributed by atoms with Gasteiger partial charge in [-0.05, 0) is 144 Å². The van der Waals surface area contributed by atoms with Crippen molar-refractivity contribution in [3.8, 4) is 33.4 Å². The maximum atomic E-state index is 2.59. The van der Waals surface area contributed by atoms with Gasteiger partial charge in [0.1, 0.15) is 0 Å². The van der Waals surface area contributed by atoms with Gasteiger partial charge in [-0.25, -0.2) is 0 Å². The van der Waals surface area contributed by atoms with Gasteiger partial charge >= 0.3 is 0 Å². The molecular weight excluding hydrogens is 723 g/mol. The summed E-state index contributed by atoms with van der Waals surface area (Å²) < 4.78 is 0. The molecule has 0 spiro atoms. The molecule has 0 heterocycles. The first kappa shape index (κ1) is 36.1. The van der Waals surface area contributed by atoms with Crippen LogP contribution in [0.2, 0.25) is 0 Å². The fourth-order valence-corrected chi connectivity index (χ4v) is 10.4. The summed E-state index contributed by atoms with van der Waals surface area (Å²) in [4.78, 5) is 2.59. The summed E-state index contributed by atoms with van der Waals surface area (Å²) in [7, 11) is 0. The van der Waals surface area contributed by atoms with Crippen LogP contribution in [0, 0.1) is 0 Å². The van der Waals surface area contributed by atoms with E-state index in [1.165, 1.54) is 105 Å². The molecule has 0 amide bonds. The third kappa shape index (κ3) is 6.08. The lowest BCUT2D eigenvalue weighted by molar-refractivity contribution is 0.648. The largest absolute Gasteiger partial charge is 0.314 e. The number of hydrogen-bond acceptors (Lipinski definition) is 1. The zero-order valence-corrected chi connectivity index (χ0v) is 34.3. The number of benzene rings is 8. The molecule has 8 aromatic rings. The van der Waals surface area contributed by atoms with Crippen LogP contribution in [0.3, 0.4) is 0 Å². The second kappa shape index (κ2) is 14.7. The Hall–Kier alpha value is -6.96. The van der Waals surface area contributed by atoms with Gasteiger partial charge in [-0.1, -0.05) is 184 Å². The van der Waals surface area contributed by atoms with Crippen LogP contribution < -0.4 is 15.3 Å². The second-order valence-corrected chi connectivity index (χ2v) is 17.1. The quantitative estimate of drug-likeness (QED) is 0.156. The monoisotopic (exact) mass is 769 g/mol. The average Bonchev–Trinajstić information content (AvgIpc) is 3.54. The minimum absolute atomic E-state index is 0.0883. The summed E-state index contributed by atoms with van der Waals surface area (Å²) in [6.45, 7) is 4.82. The lowest BCUT2D eigenvalue weighted by Gasteiger charge is -2.34.